The lowest BCUT2D eigenvalue weighted by Gasteiger charge is -2.34. The van der Waals surface area contributed by atoms with Crippen LogP contribution in [0.3, 0.4) is 0 Å². The number of ether oxygens (including phenoxy) is 1. The lowest BCUT2D eigenvalue weighted by Crippen LogP contribution is -2.51. The molecule has 0 aromatic rings. The Morgan fingerprint density at radius 2 is 2.24 bits per heavy atom. The Hall–Kier alpha value is -0.860. The maximum Gasteiger partial charge on any atom is 0.421 e. The van der Waals surface area contributed by atoms with E-state index < -0.39 is 22.4 Å². The number of rotatable bonds is 3. The van der Waals surface area contributed by atoms with Crippen LogP contribution >= 0.6 is 0 Å². The molecular weight excluding hydrogens is 248 g/mol. The largest absolute Gasteiger partial charge is 0.452 e. The summed E-state index contributed by atoms with van der Waals surface area (Å²) in [6, 6.07) is 0. The van der Waals surface area contributed by atoms with Gasteiger partial charge in [-0.25, -0.2) is 9.52 Å². The van der Waals surface area contributed by atoms with E-state index >= 15 is 0 Å². The molecule has 0 spiro atoms. The monoisotopic (exact) mass is 266 g/mol. The first-order valence-electron chi connectivity index (χ1n) is 5.44. The van der Waals surface area contributed by atoms with Crippen molar-refractivity contribution >= 4 is 16.3 Å². The van der Waals surface area contributed by atoms with Crippen LogP contribution in [0, 0.1) is 5.92 Å². The van der Waals surface area contributed by atoms with Gasteiger partial charge in [-0.3, -0.25) is 0 Å². The lowest BCUT2D eigenvalue weighted by atomic mass is 9.94. The number of amides is 1. The summed E-state index contributed by atoms with van der Waals surface area (Å²) in [6.45, 7) is 2.30. The van der Waals surface area contributed by atoms with Crippen molar-refractivity contribution in [2.45, 2.75) is 25.9 Å². The molecule has 1 amide bonds. The highest BCUT2D eigenvalue weighted by Crippen LogP contribution is 2.21. The molecule has 0 radical (unpaired) electrons. The molecule has 7 nitrogen and oxygen atoms in total. The first-order chi connectivity index (χ1) is 7.90. The number of hydrogen-bond donors (Lipinski definition) is 2. The van der Waals surface area contributed by atoms with Crippen LogP contribution in [0.1, 0.15) is 19.8 Å². The minimum Gasteiger partial charge on any atom is -0.452 e. The Morgan fingerprint density at radius 1 is 1.59 bits per heavy atom. The van der Waals surface area contributed by atoms with Crippen LogP contribution in [0.2, 0.25) is 0 Å². The molecule has 17 heavy (non-hydrogen) atoms. The topological polar surface area (TPSA) is 95.9 Å². The van der Waals surface area contributed by atoms with E-state index in [9.17, 15) is 18.3 Å². The van der Waals surface area contributed by atoms with Gasteiger partial charge in [0, 0.05) is 13.1 Å². The lowest BCUT2D eigenvalue weighted by molar-refractivity contribution is 0.0517. The third-order valence-electron chi connectivity index (χ3n) is 2.92. The van der Waals surface area contributed by atoms with E-state index in [4.69, 9.17) is 0 Å². The summed E-state index contributed by atoms with van der Waals surface area (Å²) in [4.78, 5) is 10.9. The molecule has 2 N–H and O–H groups in total. The van der Waals surface area contributed by atoms with Gasteiger partial charge in [0.2, 0.25) is 0 Å². The first kappa shape index (κ1) is 14.2. The van der Waals surface area contributed by atoms with Crippen molar-refractivity contribution in [3.8, 4) is 0 Å². The number of methoxy groups -OCH3 is 1. The van der Waals surface area contributed by atoms with Gasteiger partial charge in [0.15, 0.2) is 0 Å². The van der Waals surface area contributed by atoms with Crippen LogP contribution in [-0.2, 0) is 14.9 Å². The van der Waals surface area contributed by atoms with Crippen molar-refractivity contribution in [1.82, 2.24) is 9.03 Å². The smallest absolute Gasteiger partial charge is 0.421 e. The third-order valence-corrected chi connectivity index (χ3v) is 4.35. The molecule has 2 atom stereocenters. The highest BCUT2D eigenvalue weighted by Gasteiger charge is 2.33. The standard InChI is InChI=1S/C9H18N2O5S/c1-3-7-6-11(5-4-8(7)12)17(14,15)10-9(13)16-2/h7-8,12H,3-6H2,1-2H3,(H,10,13). The highest BCUT2D eigenvalue weighted by molar-refractivity contribution is 7.87. The number of hydrogen-bond acceptors (Lipinski definition) is 5. The minimum atomic E-state index is -3.86. The minimum absolute atomic E-state index is 0.0991. The van der Waals surface area contributed by atoms with Crippen molar-refractivity contribution in [2.75, 3.05) is 20.2 Å². The molecule has 1 heterocycles. The summed E-state index contributed by atoms with van der Waals surface area (Å²) >= 11 is 0. The maximum atomic E-state index is 11.8. The molecular formula is C9H18N2O5S. The van der Waals surface area contributed by atoms with E-state index in [1.807, 2.05) is 6.92 Å². The average Bonchev–Trinajstić information content (AvgIpc) is 2.28. The van der Waals surface area contributed by atoms with Gasteiger partial charge in [-0.2, -0.15) is 12.7 Å². The van der Waals surface area contributed by atoms with Gasteiger partial charge in [-0.1, -0.05) is 6.92 Å². The van der Waals surface area contributed by atoms with E-state index in [1.165, 1.54) is 0 Å². The molecule has 100 valence electrons. The Balaban J connectivity index is 2.70. The summed E-state index contributed by atoms with van der Waals surface area (Å²) in [5.74, 6) is -0.0991. The van der Waals surface area contributed by atoms with Gasteiger partial charge in [0.05, 0.1) is 13.2 Å². The third kappa shape index (κ3) is 3.55. The number of aliphatic hydroxyl groups excluding tert-OH is 1. The summed E-state index contributed by atoms with van der Waals surface area (Å²) < 4.78 is 30.7. The number of carbonyl (C=O) groups excluding carboxylic acids is 1. The molecule has 8 heteroatoms. The first-order valence-corrected chi connectivity index (χ1v) is 6.88. The predicted molar refractivity (Wildman–Crippen MR) is 60.4 cm³/mol. The van der Waals surface area contributed by atoms with Crippen molar-refractivity contribution in [2.24, 2.45) is 5.92 Å². The van der Waals surface area contributed by atoms with E-state index in [1.54, 1.807) is 4.72 Å². The van der Waals surface area contributed by atoms with Gasteiger partial charge in [-0.15, -0.1) is 0 Å². The van der Waals surface area contributed by atoms with Gasteiger partial charge in [-0.05, 0) is 18.8 Å². The highest BCUT2D eigenvalue weighted by atomic mass is 32.2. The zero-order valence-corrected chi connectivity index (χ0v) is 10.7. The molecule has 0 aliphatic carbocycles. The van der Waals surface area contributed by atoms with Gasteiger partial charge in [0.1, 0.15) is 0 Å². The van der Waals surface area contributed by atoms with Crippen LogP contribution in [-0.4, -0.2) is 50.2 Å². The van der Waals surface area contributed by atoms with Crippen LogP contribution in [0.4, 0.5) is 4.79 Å². The average molecular weight is 266 g/mol. The molecule has 0 aromatic heterocycles. The molecule has 1 aliphatic heterocycles. The summed E-state index contributed by atoms with van der Waals surface area (Å²) in [5, 5.41) is 9.65. The van der Waals surface area contributed by atoms with Gasteiger partial charge < -0.3 is 9.84 Å². The van der Waals surface area contributed by atoms with E-state index in [2.05, 4.69) is 4.74 Å². The number of carbonyl (C=O) groups is 1. The van der Waals surface area contributed by atoms with E-state index in [0.717, 1.165) is 11.4 Å². The van der Waals surface area contributed by atoms with Crippen molar-refractivity contribution in [3.63, 3.8) is 0 Å². The van der Waals surface area contributed by atoms with Crippen LogP contribution in [0.25, 0.3) is 0 Å². The second-order valence-electron chi connectivity index (χ2n) is 3.98. The Labute approximate surface area is 101 Å². The van der Waals surface area contributed by atoms with Crippen LogP contribution in [0.15, 0.2) is 0 Å². The van der Waals surface area contributed by atoms with Gasteiger partial charge in [0.25, 0.3) is 0 Å². The summed E-state index contributed by atoms with van der Waals surface area (Å²) in [5.41, 5.74) is 0. The fourth-order valence-electron chi connectivity index (χ4n) is 1.82. The molecule has 1 saturated heterocycles. The fraction of sp³-hybridized carbons (Fsp3) is 0.889. The summed E-state index contributed by atoms with van der Waals surface area (Å²) in [7, 11) is -2.77. The number of nitrogens with zero attached hydrogens (tertiary/aromatic N) is 1. The Kier molecular flexibility index (Phi) is 4.72. The molecule has 0 bridgehead atoms. The molecule has 2 unspecified atom stereocenters. The number of aliphatic hydroxyl groups is 1. The number of piperidine rings is 1. The molecule has 0 saturated carbocycles. The quantitative estimate of drug-likeness (QED) is 0.730. The van der Waals surface area contributed by atoms with E-state index in [0.29, 0.717) is 12.8 Å². The predicted octanol–water partition coefficient (Wildman–Crippen LogP) is -0.320. The van der Waals surface area contributed by atoms with Crippen LogP contribution in [0.5, 0.6) is 0 Å². The second kappa shape index (κ2) is 5.65. The van der Waals surface area contributed by atoms with Crippen molar-refractivity contribution in [3.05, 3.63) is 0 Å². The molecule has 1 aliphatic rings. The second-order valence-corrected chi connectivity index (χ2v) is 5.65. The Bertz CT molecular complexity index is 370. The van der Waals surface area contributed by atoms with Crippen molar-refractivity contribution < 1.29 is 23.1 Å². The SMILES string of the molecule is CCC1CN(S(=O)(=O)NC(=O)OC)CCC1O. The maximum absolute atomic E-state index is 11.8. The summed E-state index contributed by atoms with van der Waals surface area (Å²) in [6.07, 6.45) is -0.430. The normalized spacial score (nSPS) is 26.5. The fourth-order valence-corrected chi connectivity index (χ4v) is 2.97. The van der Waals surface area contributed by atoms with E-state index in [-0.39, 0.29) is 19.0 Å². The Morgan fingerprint density at radius 3 is 2.76 bits per heavy atom. The van der Waals surface area contributed by atoms with Gasteiger partial charge >= 0.3 is 16.3 Å². The molecule has 1 rings (SSSR count). The van der Waals surface area contributed by atoms with Crippen LogP contribution < -0.4 is 4.72 Å². The zero-order chi connectivity index (χ0) is 13.1. The number of nitrogens with one attached hydrogen (secondary N) is 1. The molecule has 0 aromatic carbocycles. The molecule has 1 fully saturated rings. The van der Waals surface area contributed by atoms with Crippen molar-refractivity contribution in [1.29, 1.82) is 0 Å². The zero-order valence-electron chi connectivity index (χ0n) is 9.92.